The van der Waals surface area contributed by atoms with Crippen molar-refractivity contribution in [3.8, 4) is 5.88 Å². The Morgan fingerprint density at radius 1 is 1.21 bits per heavy atom. The van der Waals surface area contributed by atoms with Gasteiger partial charge < -0.3 is 10.1 Å². The van der Waals surface area contributed by atoms with E-state index in [0.29, 0.717) is 5.01 Å². The van der Waals surface area contributed by atoms with Crippen molar-refractivity contribution in [3.63, 3.8) is 0 Å². The number of rotatable bonds is 7. The van der Waals surface area contributed by atoms with Crippen molar-refractivity contribution in [1.82, 2.24) is 15.0 Å². The third-order valence-corrected chi connectivity index (χ3v) is 6.29. The van der Waals surface area contributed by atoms with Crippen LogP contribution in [0.1, 0.15) is 50.0 Å². The maximum absolute atomic E-state index is 12.8. The quantitative estimate of drug-likeness (QED) is 0.391. The van der Waals surface area contributed by atoms with Gasteiger partial charge in [-0.25, -0.2) is 15.0 Å². The highest BCUT2D eigenvalue weighted by Crippen LogP contribution is 2.36. The summed E-state index contributed by atoms with van der Waals surface area (Å²) in [5.41, 5.74) is -0.880. The lowest BCUT2D eigenvalue weighted by molar-refractivity contribution is -0.137. The van der Waals surface area contributed by atoms with Gasteiger partial charge in [-0.05, 0) is 18.2 Å². The van der Waals surface area contributed by atoms with Gasteiger partial charge in [0.05, 0.1) is 28.9 Å². The number of hydrogen-bond acceptors (Lipinski definition) is 7. The van der Waals surface area contributed by atoms with Crippen molar-refractivity contribution in [1.29, 1.82) is 0 Å². The summed E-state index contributed by atoms with van der Waals surface area (Å²) in [6, 6.07) is 2.91. The van der Waals surface area contributed by atoms with Gasteiger partial charge in [0.1, 0.15) is 21.9 Å². The normalized spacial score (nSPS) is 12.3. The van der Waals surface area contributed by atoms with Crippen LogP contribution in [0.4, 0.5) is 18.9 Å². The molecule has 0 aliphatic rings. The summed E-state index contributed by atoms with van der Waals surface area (Å²) >= 11 is 12.8. The largest absolute Gasteiger partial charge is 0.480 e. The molecule has 2 heterocycles. The van der Waals surface area contributed by atoms with Crippen LogP contribution in [0.5, 0.6) is 5.88 Å². The molecule has 7 nitrogen and oxygen atoms in total. The molecule has 0 saturated carbocycles. The number of aromatic nitrogens is 3. The molecule has 1 aromatic carbocycles. The van der Waals surface area contributed by atoms with Crippen molar-refractivity contribution >= 4 is 51.9 Å². The maximum Gasteiger partial charge on any atom is 0.417 e. The number of alkyl halides is 3. The van der Waals surface area contributed by atoms with Gasteiger partial charge in [-0.15, -0.1) is 11.3 Å². The highest BCUT2D eigenvalue weighted by molar-refractivity contribution is 7.13. The number of Topliss-reactive ketones (excluding diaryl/α,β-unsaturated/α-hetero) is 1. The van der Waals surface area contributed by atoms with Crippen LogP contribution in [0.25, 0.3) is 0 Å². The van der Waals surface area contributed by atoms with Crippen LogP contribution in [-0.2, 0) is 6.18 Å². The lowest BCUT2D eigenvalue weighted by Crippen LogP contribution is -2.11. The first-order valence-corrected chi connectivity index (χ1v) is 10.8. The van der Waals surface area contributed by atoms with Crippen LogP contribution in [0.15, 0.2) is 30.7 Å². The topological polar surface area (TPSA) is 94.1 Å². The number of methoxy groups -OCH3 is 1. The second kappa shape index (κ2) is 10.0. The zero-order valence-corrected chi connectivity index (χ0v) is 19.4. The number of anilines is 1. The third kappa shape index (κ3) is 5.79. The van der Waals surface area contributed by atoms with E-state index in [4.69, 9.17) is 27.9 Å². The van der Waals surface area contributed by atoms with E-state index < -0.39 is 22.7 Å². The first kappa shape index (κ1) is 24.9. The Morgan fingerprint density at radius 2 is 1.94 bits per heavy atom. The summed E-state index contributed by atoms with van der Waals surface area (Å²) in [7, 11) is 1.37. The summed E-state index contributed by atoms with van der Waals surface area (Å²) in [5, 5.41) is 2.47. The van der Waals surface area contributed by atoms with E-state index in [9.17, 15) is 22.8 Å². The van der Waals surface area contributed by atoms with Gasteiger partial charge in [-0.3, -0.25) is 9.59 Å². The van der Waals surface area contributed by atoms with Crippen LogP contribution in [0, 0.1) is 0 Å². The fourth-order valence-electron chi connectivity index (χ4n) is 2.79. The first-order chi connectivity index (χ1) is 15.5. The molecule has 13 heteroatoms. The molecular formula is C20H15Cl2F3N4O3S. The molecule has 33 heavy (non-hydrogen) atoms. The zero-order valence-electron chi connectivity index (χ0n) is 17.0. The number of carbonyl (C=O) groups excluding carboxylic acids is 2. The summed E-state index contributed by atoms with van der Waals surface area (Å²) in [6.45, 7) is 1.75. The summed E-state index contributed by atoms with van der Waals surface area (Å²) in [6.07, 6.45) is -2.09. The zero-order chi connectivity index (χ0) is 24.3. The van der Waals surface area contributed by atoms with Crippen LogP contribution >= 0.6 is 34.5 Å². The second-order valence-corrected chi connectivity index (χ2v) is 8.63. The lowest BCUT2D eigenvalue weighted by atomic mass is 10.0. The molecular weight excluding hydrogens is 504 g/mol. The fourth-order valence-corrected chi connectivity index (χ4v) is 4.22. The van der Waals surface area contributed by atoms with Crippen LogP contribution in [0.3, 0.4) is 0 Å². The standard InChI is InChI=1S/C20H15Cl2F3N4O3S/c1-9(5-13(30)16-15(22)18(32-2)28-8-27-16)19-26-7-14(33-19)17(31)29-10-3-4-11(12(21)6-10)20(23,24)25/h3-4,6-9H,5H2,1-2H3,(H,29,31). The predicted octanol–water partition coefficient (Wildman–Crippen LogP) is 5.90. The van der Waals surface area contributed by atoms with Crippen molar-refractivity contribution in [2.24, 2.45) is 0 Å². The van der Waals surface area contributed by atoms with E-state index in [1.807, 2.05) is 0 Å². The van der Waals surface area contributed by atoms with Gasteiger partial charge in [0, 0.05) is 18.0 Å². The lowest BCUT2D eigenvalue weighted by Gasteiger charge is -2.10. The van der Waals surface area contributed by atoms with E-state index in [2.05, 4.69) is 20.3 Å². The number of nitrogens with zero attached hydrogens (tertiary/aromatic N) is 3. The van der Waals surface area contributed by atoms with Gasteiger partial charge in [-0.1, -0.05) is 30.1 Å². The number of thiazole rings is 1. The number of benzene rings is 1. The molecule has 0 bridgehead atoms. The fraction of sp³-hybridized carbons (Fsp3) is 0.250. The summed E-state index contributed by atoms with van der Waals surface area (Å²) < 4.78 is 43.4. The average molecular weight is 519 g/mol. The Hall–Kier alpha value is -2.76. The van der Waals surface area contributed by atoms with Crippen LogP contribution in [0.2, 0.25) is 10.0 Å². The third-order valence-electron chi connectivity index (χ3n) is 4.41. The van der Waals surface area contributed by atoms with Crippen molar-refractivity contribution in [3.05, 3.63) is 61.9 Å². The number of nitrogens with one attached hydrogen (secondary N) is 1. The minimum Gasteiger partial charge on any atom is -0.480 e. The maximum atomic E-state index is 12.8. The van der Waals surface area contributed by atoms with Gasteiger partial charge in [-0.2, -0.15) is 13.2 Å². The minimum absolute atomic E-state index is 0.00612. The number of halogens is 5. The Balaban J connectivity index is 1.68. The summed E-state index contributed by atoms with van der Waals surface area (Å²) in [4.78, 5) is 37.2. The molecule has 0 spiro atoms. The Morgan fingerprint density at radius 3 is 2.58 bits per heavy atom. The number of hydrogen-bond donors (Lipinski definition) is 1. The molecule has 0 fully saturated rings. The highest BCUT2D eigenvalue weighted by Gasteiger charge is 2.33. The van der Waals surface area contributed by atoms with Gasteiger partial charge in [0.2, 0.25) is 5.88 Å². The number of ketones is 1. The Labute approximate surface area is 199 Å². The highest BCUT2D eigenvalue weighted by atomic mass is 35.5. The molecule has 3 rings (SSSR count). The smallest absolute Gasteiger partial charge is 0.417 e. The molecule has 3 aromatic rings. The first-order valence-electron chi connectivity index (χ1n) is 9.22. The van der Waals surface area contributed by atoms with E-state index in [1.165, 1.54) is 19.6 Å². The van der Waals surface area contributed by atoms with E-state index in [-0.39, 0.29) is 45.3 Å². The molecule has 1 atom stereocenters. The summed E-state index contributed by atoms with van der Waals surface area (Å²) in [5.74, 6) is -1.20. The van der Waals surface area contributed by atoms with Gasteiger partial charge in [0.15, 0.2) is 5.78 Å². The molecule has 174 valence electrons. The predicted molar refractivity (Wildman–Crippen MR) is 117 cm³/mol. The number of carbonyl (C=O) groups is 2. The van der Waals surface area contributed by atoms with Crippen molar-refractivity contribution < 1.29 is 27.5 Å². The van der Waals surface area contributed by atoms with Gasteiger partial charge >= 0.3 is 6.18 Å². The van der Waals surface area contributed by atoms with Crippen molar-refractivity contribution in [2.45, 2.75) is 25.4 Å². The van der Waals surface area contributed by atoms with Crippen LogP contribution in [-0.4, -0.2) is 33.8 Å². The van der Waals surface area contributed by atoms with Crippen molar-refractivity contribution in [2.75, 3.05) is 12.4 Å². The molecule has 1 N–H and O–H groups in total. The number of amides is 1. The molecule has 1 unspecified atom stereocenters. The van der Waals surface area contributed by atoms with E-state index in [0.717, 1.165) is 29.5 Å². The molecule has 0 radical (unpaired) electrons. The SMILES string of the molecule is COc1ncnc(C(=O)CC(C)c2ncc(C(=O)Nc3ccc(C(F)(F)F)c(Cl)c3)s2)c1Cl. The monoisotopic (exact) mass is 518 g/mol. The average Bonchev–Trinajstić information content (AvgIpc) is 3.23. The van der Waals surface area contributed by atoms with Crippen LogP contribution < -0.4 is 10.1 Å². The minimum atomic E-state index is -4.60. The van der Waals surface area contributed by atoms with E-state index >= 15 is 0 Å². The molecule has 1 amide bonds. The second-order valence-electron chi connectivity index (χ2n) is 6.78. The molecule has 0 aliphatic heterocycles. The Kier molecular flexibility index (Phi) is 7.55. The molecule has 0 saturated heterocycles. The van der Waals surface area contributed by atoms with Gasteiger partial charge in [0.25, 0.3) is 5.91 Å². The number of ether oxygens (including phenoxy) is 1. The van der Waals surface area contributed by atoms with E-state index in [1.54, 1.807) is 6.92 Å². The molecule has 0 aliphatic carbocycles. The molecule has 2 aromatic heterocycles. The Bertz CT molecular complexity index is 1200.